The van der Waals surface area contributed by atoms with Crippen molar-refractivity contribution in [2.24, 2.45) is 0 Å². The normalized spacial score (nSPS) is 12.9. The molecule has 0 unspecified atom stereocenters. The first-order chi connectivity index (χ1) is 11.3. The number of hydrogen-bond acceptors (Lipinski definition) is 3. The molecule has 0 saturated heterocycles. The molecule has 3 nitrogen and oxygen atoms in total. The Bertz CT molecular complexity index is 797. The fraction of sp³-hybridized carbons (Fsp3) is 0.105. The third-order valence-electron chi connectivity index (χ3n) is 3.96. The number of benzene rings is 2. The number of ether oxygens (including phenoxy) is 1. The SMILES string of the molecule is O=C(NCc1cccs1)C1c2ccccc2Oc2ccccc21. The lowest BCUT2D eigenvalue weighted by molar-refractivity contribution is -0.122. The lowest BCUT2D eigenvalue weighted by Gasteiger charge is -2.27. The van der Waals surface area contributed by atoms with Gasteiger partial charge in [0.25, 0.3) is 0 Å². The minimum atomic E-state index is -0.337. The fourth-order valence-electron chi connectivity index (χ4n) is 2.88. The van der Waals surface area contributed by atoms with E-state index in [4.69, 9.17) is 4.74 Å². The highest BCUT2D eigenvalue weighted by atomic mass is 32.1. The topological polar surface area (TPSA) is 38.3 Å². The molecule has 0 spiro atoms. The van der Waals surface area contributed by atoms with Crippen LogP contribution in [0.3, 0.4) is 0 Å². The molecule has 1 N–H and O–H groups in total. The second-order valence-corrected chi connectivity index (χ2v) is 6.44. The van der Waals surface area contributed by atoms with Crippen molar-refractivity contribution in [3.8, 4) is 11.5 Å². The monoisotopic (exact) mass is 321 g/mol. The van der Waals surface area contributed by atoms with E-state index < -0.39 is 0 Å². The van der Waals surface area contributed by atoms with Crippen molar-refractivity contribution < 1.29 is 9.53 Å². The van der Waals surface area contributed by atoms with Crippen molar-refractivity contribution in [1.29, 1.82) is 0 Å². The lowest BCUT2D eigenvalue weighted by atomic mass is 9.87. The number of carbonyl (C=O) groups excluding carboxylic acids is 1. The molecule has 2 aromatic carbocycles. The molecule has 1 aromatic heterocycles. The summed E-state index contributed by atoms with van der Waals surface area (Å²) in [6.45, 7) is 0.554. The molecule has 3 aromatic rings. The third kappa shape index (κ3) is 2.62. The summed E-state index contributed by atoms with van der Waals surface area (Å²) in [5.41, 5.74) is 1.82. The first kappa shape index (κ1) is 14.0. The Kier molecular flexibility index (Phi) is 3.60. The van der Waals surface area contributed by atoms with Gasteiger partial charge in [-0.25, -0.2) is 0 Å². The zero-order valence-corrected chi connectivity index (χ0v) is 13.2. The number of nitrogens with one attached hydrogen (secondary N) is 1. The van der Waals surface area contributed by atoms with Gasteiger partial charge in [-0.1, -0.05) is 42.5 Å². The van der Waals surface area contributed by atoms with Crippen LogP contribution in [-0.4, -0.2) is 5.91 Å². The van der Waals surface area contributed by atoms with Gasteiger partial charge in [0.1, 0.15) is 11.5 Å². The van der Waals surface area contributed by atoms with Crippen molar-refractivity contribution in [2.75, 3.05) is 0 Å². The number of amides is 1. The van der Waals surface area contributed by atoms with Gasteiger partial charge in [-0.2, -0.15) is 0 Å². The summed E-state index contributed by atoms with van der Waals surface area (Å²) in [5, 5.41) is 5.07. The van der Waals surface area contributed by atoms with Crippen LogP contribution in [0.1, 0.15) is 21.9 Å². The molecule has 0 saturated carbocycles. The Labute approximate surface area is 138 Å². The molecule has 114 valence electrons. The molecule has 0 bridgehead atoms. The average Bonchev–Trinajstić information content (AvgIpc) is 3.11. The van der Waals surface area contributed by atoms with Crippen molar-refractivity contribution >= 4 is 17.2 Å². The van der Waals surface area contributed by atoms with Gasteiger partial charge in [0.2, 0.25) is 5.91 Å². The smallest absolute Gasteiger partial charge is 0.232 e. The molecular weight excluding hydrogens is 306 g/mol. The van der Waals surface area contributed by atoms with Gasteiger partial charge < -0.3 is 10.1 Å². The minimum absolute atomic E-state index is 0.00148. The summed E-state index contributed by atoms with van der Waals surface area (Å²) in [6, 6.07) is 19.5. The second kappa shape index (κ2) is 5.89. The van der Waals surface area contributed by atoms with Crippen molar-refractivity contribution in [3.63, 3.8) is 0 Å². The molecule has 0 radical (unpaired) electrons. The van der Waals surface area contributed by atoms with E-state index in [-0.39, 0.29) is 11.8 Å². The number of rotatable bonds is 3. The molecule has 2 heterocycles. The first-order valence-corrected chi connectivity index (χ1v) is 8.37. The number of fused-ring (bicyclic) bond motifs is 2. The summed E-state index contributed by atoms with van der Waals surface area (Å²) >= 11 is 1.64. The van der Waals surface area contributed by atoms with E-state index in [1.54, 1.807) is 11.3 Å². The third-order valence-corrected chi connectivity index (χ3v) is 4.84. The Morgan fingerprint density at radius 2 is 1.61 bits per heavy atom. The van der Waals surface area contributed by atoms with E-state index in [9.17, 15) is 4.79 Å². The average molecular weight is 321 g/mol. The van der Waals surface area contributed by atoms with Crippen LogP contribution < -0.4 is 10.1 Å². The van der Waals surface area contributed by atoms with Crippen molar-refractivity contribution in [3.05, 3.63) is 82.0 Å². The molecule has 1 aliphatic rings. The summed E-state index contributed by atoms with van der Waals surface area (Å²) < 4.78 is 5.93. The van der Waals surface area contributed by atoms with Gasteiger partial charge in [0.05, 0.1) is 12.5 Å². The van der Waals surface area contributed by atoms with Gasteiger partial charge in [-0.05, 0) is 23.6 Å². The van der Waals surface area contributed by atoms with Gasteiger partial charge in [0, 0.05) is 16.0 Å². The van der Waals surface area contributed by atoms with E-state index in [2.05, 4.69) is 5.32 Å². The van der Waals surface area contributed by atoms with Crippen LogP contribution in [-0.2, 0) is 11.3 Å². The Morgan fingerprint density at radius 1 is 0.957 bits per heavy atom. The summed E-state index contributed by atoms with van der Waals surface area (Å²) in [6.07, 6.45) is 0. The molecule has 4 rings (SSSR count). The highest BCUT2D eigenvalue weighted by molar-refractivity contribution is 7.09. The predicted octanol–water partition coefficient (Wildman–Crippen LogP) is 4.30. The Balaban J connectivity index is 1.68. The molecule has 0 atom stereocenters. The Morgan fingerprint density at radius 3 is 2.22 bits per heavy atom. The van der Waals surface area contributed by atoms with Gasteiger partial charge in [-0.15, -0.1) is 11.3 Å². The molecule has 0 fully saturated rings. The van der Waals surface area contributed by atoms with Gasteiger partial charge >= 0.3 is 0 Å². The molecule has 23 heavy (non-hydrogen) atoms. The second-order valence-electron chi connectivity index (χ2n) is 5.41. The van der Waals surface area contributed by atoms with E-state index in [0.29, 0.717) is 6.54 Å². The number of para-hydroxylation sites is 2. The van der Waals surface area contributed by atoms with Crippen LogP contribution >= 0.6 is 11.3 Å². The van der Waals surface area contributed by atoms with Crippen LogP contribution in [0.25, 0.3) is 0 Å². The van der Waals surface area contributed by atoms with E-state index in [1.807, 2.05) is 66.0 Å². The van der Waals surface area contributed by atoms with E-state index in [1.165, 1.54) is 0 Å². The molecule has 0 aliphatic carbocycles. The van der Waals surface area contributed by atoms with Crippen LogP contribution in [0.15, 0.2) is 66.0 Å². The van der Waals surface area contributed by atoms with Gasteiger partial charge in [-0.3, -0.25) is 4.79 Å². The summed E-state index contributed by atoms with van der Waals surface area (Å²) in [4.78, 5) is 14.0. The van der Waals surface area contributed by atoms with E-state index in [0.717, 1.165) is 27.5 Å². The fourth-order valence-corrected chi connectivity index (χ4v) is 3.53. The predicted molar refractivity (Wildman–Crippen MR) is 91.0 cm³/mol. The quantitative estimate of drug-likeness (QED) is 0.781. The highest BCUT2D eigenvalue weighted by Gasteiger charge is 2.32. The van der Waals surface area contributed by atoms with Crippen molar-refractivity contribution in [1.82, 2.24) is 5.32 Å². The molecule has 4 heteroatoms. The zero-order chi connectivity index (χ0) is 15.6. The number of thiophene rings is 1. The maximum atomic E-state index is 12.9. The first-order valence-electron chi connectivity index (χ1n) is 7.49. The summed E-state index contributed by atoms with van der Waals surface area (Å²) in [7, 11) is 0. The number of carbonyl (C=O) groups is 1. The summed E-state index contributed by atoms with van der Waals surface area (Å²) in [5.74, 6) is 1.17. The molecular formula is C19H15NO2S. The maximum Gasteiger partial charge on any atom is 0.232 e. The highest BCUT2D eigenvalue weighted by Crippen LogP contribution is 2.43. The standard InChI is InChI=1S/C19H15NO2S/c21-19(20-12-13-6-5-11-23-13)18-14-7-1-3-9-16(14)22-17-10-4-2-8-15(17)18/h1-11,18H,12H2,(H,20,21). The Hall–Kier alpha value is -2.59. The maximum absolute atomic E-state index is 12.9. The van der Waals surface area contributed by atoms with Crippen molar-refractivity contribution in [2.45, 2.75) is 12.5 Å². The van der Waals surface area contributed by atoms with Crippen LogP contribution in [0.2, 0.25) is 0 Å². The van der Waals surface area contributed by atoms with Gasteiger partial charge in [0.15, 0.2) is 0 Å². The van der Waals surface area contributed by atoms with Crippen LogP contribution in [0, 0.1) is 0 Å². The zero-order valence-electron chi connectivity index (χ0n) is 12.4. The van der Waals surface area contributed by atoms with E-state index >= 15 is 0 Å². The largest absolute Gasteiger partial charge is 0.457 e. The number of hydrogen-bond donors (Lipinski definition) is 1. The lowest BCUT2D eigenvalue weighted by Crippen LogP contribution is -2.31. The molecule has 1 amide bonds. The minimum Gasteiger partial charge on any atom is -0.457 e. The van der Waals surface area contributed by atoms with Crippen LogP contribution in [0.4, 0.5) is 0 Å². The molecule has 1 aliphatic heterocycles. The van der Waals surface area contributed by atoms with Crippen LogP contribution in [0.5, 0.6) is 11.5 Å².